The van der Waals surface area contributed by atoms with Crippen molar-refractivity contribution in [2.45, 2.75) is 70.1 Å². The summed E-state index contributed by atoms with van der Waals surface area (Å²) in [5.74, 6) is 1.76. The van der Waals surface area contributed by atoms with Crippen LogP contribution in [0.3, 0.4) is 0 Å². The van der Waals surface area contributed by atoms with Gasteiger partial charge in [0.15, 0.2) is 0 Å². The standard InChI is InChI=1S/C23H30N2O2/c26-21-19(25-24-14-15-4-2-1-3-5-15)16-6-8-22(10-11-22)17-7-9-23(12-13-23)18(17)20(16)27-21/h1-5,16-20,24-25H,6-14H2/t16-,17+,18-,19-,20-/m0/s1. The van der Waals surface area contributed by atoms with Crippen LogP contribution in [0.15, 0.2) is 30.3 Å². The van der Waals surface area contributed by atoms with Gasteiger partial charge >= 0.3 is 5.97 Å². The number of esters is 1. The van der Waals surface area contributed by atoms with Gasteiger partial charge in [0.2, 0.25) is 0 Å². The van der Waals surface area contributed by atoms with Crippen molar-refractivity contribution in [1.82, 2.24) is 10.9 Å². The Morgan fingerprint density at radius 1 is 0.963 bits per heavy atom. The molecule has 1 heterocycles. The van der Waals surface area contributed by atoms with Gasteiger partial charge in [-0.05, 0) is 73.7 Å². The average Bonchev–Trinajstić information content (AvgIpc) is 3.57. The van der Waals surface area contributed by atoms with Crippen molar-refractivity contribution in [3.8, 4) is 0 Å². The van der Waals surface area contributed by atoms with Crippen LogP contribution in [0.25, 0.3) is 0 Å². The van der Waals surface area contributed by atoms with E-state index in [0.717, 1.165) is 18.9 Å². The minimum absolute atomic E-state index is 0.0289. The normalized spacial score (nSPS) is 39.7. The third kappa shape index (κ3) is 2.52. The first-order valence-electron chi connectivity index (χ1n) is 10.9. The highest BCUT2D eigenvalue weighted by atomic mass is 16.6. The number of hydrazine groups is 1. The van der Waals surface area contributed by atoms with E-state index >= 15 is 0 Å². The predicted octanol–water partition coefficient (Wildman–Crippen LogP) is 3.57. The number of hydrogen-bond acceptors (Lipinski definition) is 4. The van der Waals surface area contributed by atoms with E-state index in [9.17, 15) is 4.79 Å². The monoisotopic (exact) mass is 366 g/mol. The van der Waals surface area contributed by atoms with Crippen LogP contribution in [0.1, 0.15) is 56.9 Å². The molecule has 5 atom stereocenters. The first-order chi connectivity index (χ1) is 13.2. The van der Waals surface area contributed by atoms with E-state index in [1.807, 2.05) is 18.2 Å². The molecule has 4 aliphatic carbocycles. The van der Waals surface area contributed by atoms with Crippen molar-refractivity contribution in [3.63, 3.8) is 0 Å². The van der Waals surface area contributed by atoms with E-state index in [0.29, 0.717) is 22.7 Å². The molecule has 0 radical (unpaired) electrons. The number of ether oxygens (including phenoxy) is 1. The molecule has 2 spiro atoms. The number of carbonyl (C=O) groups excluding carboxylic acids is 1. The number of hydrogen-bond donors (Lipinski definition) is 2. The van der Waals surface area contributed by atoms with Gasteiger partial charge in [0.1, 0.15) is 12.1 Å². The highest BCUT2D eigenvalue weighted by molar-refractivity contribution is 5.78. The number of benzene rings is 1. The lowest BCUT2D eigenvalue weighted by Gasteiger charge is -2.33. The second-order valence-corrected chi connectivity index (χ2v) is 9.96. The molecule has 4 saturated carbocycles. The maximum absolute atomic E-state index is 12.8. The van der Waals surface area contributed by atoms with Crippen molar-refractivity contribution in [2.24, 2.45) is 28.6 Å². The van der Waals surface area contributed by atoms with Gasteiger partial charge in [-0.25, -0.2) is 5.43 Å². The van der Waals surface area contributed by atoms with Crippen molar-refractivity contribution in [3.05, 3.63) is 35.9 Å². The van der Waals surface area contributed by atoms with E-state index in [4.69, 9.17) is 4.74 Å². The number of rotatable bonds is 4. The first-order valence-corrected chi connectivity index (χ1v) is 10.9. The van der Waals surface area contributed by atoms with Crippen LogP contribution in [-0.4, -0.2) is 18.1 Å². The van der Waals surface area contributed by atoms with Crippen LogP contribution in [0, 0.1) is 28.6 Å². The fourth-order valence-corrected chi connectivity index (χ4v) is 7.00. The van der Waals surface area contributed by atoms with E-state index in [-0.39, 0.29) is 18.1 Å². The number of fused-ring (bicyclic) bond motifs is 5. The van der Waals surface area contributed by atoms with Crippen LogP contribution in [0.5, 0.6) is 0 Å². The van der Waals surface area contributed by atoms with Crippen LogP contribution < -0.4 is 10.9 Å². The maximum Gasteiger partial charge on any atom is 0.325 e. The SMILES string of the molecule is O=C1O[C@H]2[C@@H](CCC3(CC3)[C@@H]3CCC4(CC4)[C@H]23)[C@@H]1NNCc1ccccc1. The second-order valence-electron chi connectivity index (χ2n) is 9.96. The van der Waals surface area contributed by atoms with Gasteiger partial charge in [0.25, 0.3) is 0 Å². The average molecular weight is 367 g/mol. The number of nitrogens with one attached hydrogen (secondary N) is 2. The Morgan fingerprint density at radius 3 is 2.44 bits per heavy atom. The summed E-state index contributed by atoms with van der Waals surface area (Å²) in [5, 5.41) is 0. The van der Waals surface area contributed by atoms with Gasteiger partial charge in [-0.15, -0.1) is 0 Å². The maximum atomic E-state index is 12.8. The van der Waals surface area contributed by atoms with Gasteiger partial charge in [-0.3, -0.25) is 10.2 Å². The molecule has 144 valence electrons. The zero-order valence-electron chi connectivity index (χ0n) is 16.0. The van der Waals surface area contributed by atoms with Gasteiger partial charge in [0, 0.05) is 18.4 Å². The van der Waals surface area contributed by atoms with Crippen LogP contribution in [0.4, 0.5) is 0 Å². The quantitative estimate of drug-likeness (QED) is 0.632. The van der Waals surface area contributed by atoms with Crippen LogP contribution in [-0.2, 0) is 16.1 Å². The summed E-state index contributed by atoms with van der Waals surface area (Å²) >= 11 is 0. The molecule has 0 unspecified atom stereocenters. The smallest absolute Gasteiger partial charge is 0.325 e. The van der Waals surface area contributed by atoms with Gasteiger partial charge < -0.3 is 4.74 Å². The summed E-state index contributed by atoms with van der Waals surface area (Å²) < 4.78 is 6.13. The molecule has 0 bridgehead atoms. The highest BCUT2D eigenvalue weighted by Crippen LogP contribution is 2.74. The molecule has 5 aliphatic rings. The summed E-state index contributed by atoms with van der Waals surface area (Å²) in [6.07, 6.45) is 11.0. The lowest BCUT2D eigenvalue weighted by Crippen LogP contribution is -2.47. The van der Waals surface area contributed by atoms with Crippen molar-refractivity contribution >= 4 is 5.97 Å². The van der Waals surface area contributed by atoms with Gasteiger partial charge in [0.05, 0.1) is 0 Å². The summed E-state index contributed by atoms with van der Waals surface area (Å²) in [7, 11) is 0. The van der Waals surface area contributed by atoms with E-state index in [1.54, 1.807) is 0 Å². The Kier molecular flexibility index (Phi) is 3.56. The molecular formula is C23H30N2O2. The fourth-order valence-electron chi connectivity index (χ4n) is 7.00. The molecule has 1 aliphatic heterocycles. The molecule has 5 fully saturated rings. The Labute approximate surface area is 161 Å². The minimum Gasteiger partial charge on any atom is -0.460 e. The van der Waals surface area contributed by atoms with E-state index in [1.165, 1.54) is 50.5 Å². The molecular weight excluding hydrogens is 336 g/mol. The summed E-state index contributed by atoms with van der Waals surface area (Å²) in [6, 6.07) is 10.1. The Hall–Kier alpha value is -1.39. The van der Waals surface area contributed by atoms with Gasteiger partial charge in [-0.2, -0.15) is 0 Å². The predicted molar refractivity (Wildman–Crippen MR) is 102 cm³/mol. The molecule has 1 aromatic rings. The zero-order valence-corrected chi connectivity index (χ0v) is 16.0. The van der Waals surface area contributed by atoms with Crippen LogP contribution >= 0.6 is 0 Å². The second kappa shape index (κ2) is 5.81. The largest absolute Gasteiger partial charge is 0.460 e. The summed E-state index contributed by atoms with van der Waals surface area (Å²) in [6.45, 7) is 0.724. The number of carbonyl (C=O) groups is 1. The minimum atomic E-state index is -0.190. The van der Waals surface area contributed by atoms with Crippen molar-refractivity contribution < 1.29 is 9.53 Å². The van der Waals surface area contributed by atoms with E-state index in [2.05, 4.69) is 23.0 Å². The molecule has 4 heteroatoms. The Balaban J connectivity index is 1.21. The van der Waals surface area contributed by atoms with Gasteiger partial charge in [-0.1, -0.05) is 30.3 Å². The van der Waals surface area contributed by atoms with E-state index < -0.39 is 0 Å². The summed E-state index contributed by atoms with van der Waals surface area (Å²) in [5.41, 5.74) is 9.02. The molecule has 0 amide bonds. The summed E-state index contributed by atoms with van der Waals surface area (Å²) in [4.78, 5) is 12.8. The Bertz CT molecular complexity index is 740. The highest BCUT2D eigenvalue weighted by Gasteiger charge is 2.69. The third-order valence-corrected chi connectivity index (χ3v) is 8.74. The molecule has 27 heavy (non-hydrogen) atoms. The molecule has 4 nitrogen and oxygen atoms in total. The molecule has 2 N–H and O–H groups in total. The van der Waals surface area contributed by atoms with Crippen molar-refractivity contribution in [2.75, 3.05) is 0 Å². The topological polar surface area (TPSA) is 50.4 Å². The molecule has 1 saturated heterocycles. The lowest BCUT2D eigenvalue weighted by atomic mass is 9.74. The first kappa shape index (κ1) is 16.6. The third-order valence-electron chi connectivity index (χ3n) is 8.74. The van der Waals surface area contributed by atoms with Crippen molar-refractivity contribution in [1.29, 1.82) is 0 Å². The fraction of sp³-hybridized carbons (Fsp3) is 0.696. The zero-order chi connectivity index (χ0) is 18.1. The molecule has 1 aromatic carbocycles. The molecule has 0 aromatic heterocycles. The lowest BCUT2D eigenvalue weighted by molar-refractivity contribution is -0.146. The Morgan fingerprint density at radius 2 is 1.70 bits per heavy atom. The van der Waals surface area contributed by atoms with Crippen LogP contribution in [0.2, 0.25) is 0 Å². The molecule has 6 rings (SSSR count).